The van der Waals surface area contributed by atoms with Gasteiger partial charge in [0.2, 0.25) is 0 Å². The van der Waals surface area contributed by atoms with Crippen molar-refractivity contribution >= 4 is 0 Å². The maximum absolute atomic E-state index is 14.8. The second-order valence-corrected chi connectivity index (χ2v) is 8.85. The lowest BCUT2D eigenvalue weighted by Crippen LogP contribution is -2.25. The predicted molar refractivity (Wildman–Crippen MR) is 129 cm³/mol. The van der Waals surface area contributed by atoms with Gasteiger partial charge in [0.15, 0.2) is 17.9 Å². The lowest BCUT2D eigenvalue weighted by Gasteiger charge is -2.27. The van der Waals surface area contributed by atoms with Crippen molar-refractivity contribution in [3.63, 3.8) is 0 Å². The minimum atomic E-state index is -0.842. The van der Waals surface area contributed by atoms with Crippen molar-refractivity contribution in [2.45, 2.75) is 38.9 Å². The second-order valence-electron chi connectivity index (χ2n) is 8.85. The Morgan fingerprint density at radius 1 is 0.853 bits per heavy atom. The zero-order valence-corrected chi connectivity index (χ0v) is 19.3. The monoisotopic (exact) mass is 466 g/mol. The Morgan fingerprint density at radius 2 is 1.53 bits per heavy atom. The molecule has 1 aliphatic heterocycles. The number of hydrogen-bond donors (Lipinski definition) is 0. The summed E-state index contributed by atoms with van der Waals surface area (Å²) in [5.41, 5.74) is 2.98. The Bertz CT molecular complexity index is 1130. The molecule has 3 aromatic carbocycles. The minimum Gasteiger partial charge on any atom is -0.348 e. The molecule has 1 aliphatic rings. The number of allylic oxidation sites excluding steroid dienone is 1. The SMILES string of the molecule is C=CCCCCc1ccc(-c2ccc(-c3ccc(C4OCC(C)CO4)c(F)c3)cc2)c(F)c1F. The van der Waals surface area contributed by atoms with Gasteiger partial charge in [0.05, 0.1) is 13.2 Å². The first kappa shape index (κ1) is 24.2. The molecule has 1 fully saturated rings. The van der Waals surface area contributed by atoms with Gasteiger partial charge in [-0.25, -0.2) is 13.2 Å². The van der Waals surface area contributed by atoms with Crippen LogP contribution in [0.4, 0.5) is 13.2 Å². The standard InChI is InChI=1S/C29H29F3O2/c1-3-4-5-6-7-22-12-14-24(28(32)27(22)31)21-10-8-20(9-11-21)23-13-15-25(26(30)16-23)29-33-17-19(2)18-34-29/h3,8-16,19,29H,1,4-7,17-18H2,2H3. The van der Waals surface area contributed by atoms with Crippen molar-refractivity contribution in [1.82, 2.24) is 0 Å². The summed E-state index contributed by atoms with van der Waals surface area (Å²) in [6, 6.07) is 15.2. The van der Waals surface area contributed by atoms with E-state index >= 15 is 0 Å². The molecule has 0 bridgehead atoms. The summed E-state index contributed by atoms with van der Waals surface area (Å²) >= 11 is 0. The van der Waals surface area contributed by atoms with Crippen molar-refractivity contribution in [3.05, 3.63) is 95.8 Å². The maximum atomic E-state index is 14.8. The van der Waals surface area contributed by atoms with Crippen molar-refractivity contribution in [3.8, 4) is 22.3 Å². The zero-order chi connectivity index (χ0) is 24.1. The van der Waals surface area contributed by atoms with Crippen LogP contribution >= 0.6 is 0 Å². The minimum absolute atomic E-state index is 0.209. The second kappa shape index (κ2) is 11.0. The van der Waals surface area contributed by atoms with Gasteiger partial charge in [-0.05, 0) is 54.0 Å². The Balaban J connectivity index is 1.49. The Kier molecular flexibility index (Phi) is 7.86. The molecular formula is C29H29F3O2. The van der Waals surface area contributed by atoms with Gasteiger partial charge < -0.3 is 9.47 Å². The molecule has 5 heteroatoms. The van der Waals surface area contributed by atoms with Gasteiger partial charge in [-0.2, -0.15) is 0 Å². The quantitative estimate of drug-likeness (QED) is 0.247. The fraction of sp³-hybridized carbons (Fsp3) is 0.310. The van der Waals surface area contributed by atoms with Gasteiger partial charge >= 0.3 is 0 Å². The van der Waals surface area contributed by atoms with Crippen LogP contribution in [0, 0.1) is 23.4 Å². The molecule has 0 aromatic heterocycles. The molecule has 2 nitrogen and oxygen atoms in total. The van der Waals surface area contributed by atoms with Crippen LogP contribution in [0.3, 0.4) is 0 Å². The van der Waals surface area contributed by atoms with Gasteiger partial charge in [-0.15, -0.1) is 6.58 Å². The van der Waals surface area contributed by atoms with Crippen LogP contribution < -0.4 is 0 Å². The van der Waals surface area contributed by atoms with E-state index in [4.69, 9.17) is 9.47 Å². The first-order chi connectivity index (χ1) is 16.5. The highest BCUT2D eigenvalue weighted by atomic mass is 19.2. The molecular weight excluding hydrogens is 437 g/mol. The number of unbranched alkanes of at least 4 members (excludes halogenated alkanes) is 2. The maximum Gasteiger partial charge on any atom is 0.186 e. The van der Waals surface area contributed by atoms with Gasteiger partial charge in [0, 0.05) is 17.0 Å². The Hall–Kier alpha value is -2.89. The molecule has 0 atom stereocenters. The fourth-order valence-electron chi connectivity index (χ4n) is 4.13. The Morgan fingerprint density at radius 3 is 2.21 bits per heavy atom. The van der Waals surface area contributed by atoms with Crippen LogP contribution in [0.5, 0.6) is 0 Å². The normalized spacial score (nSPS) is 18.1. The highest BCUT2D eigenvalue weighted by Gasteiger charge is 2.24. The van der Waals surface area contributed by atoms with Crippen LogP contribution in [0.25, 0.3) is 22.3 Å². The van der Waals surface area contributed by atoms with Crippen LogP contribution in [0.2, 0.25) is 0 Å². The summed E-state index contributed by atoms with van der Waals surface area (Å²) in [5, 5.41) is 0. The average Bonchev–Trinajstić information content (AvgIpc) is 2.85. The van der Waals surface area contributed by atoms with E-state index in [1.54, 1.807) is 48.5 Å². The molecule has 34 heavy (non-hydrogen) atoms. The molecule has 0 aliphatic carbocycles. The molecule has 3 aromatic rings. The smallest absolute Gasteiger partial charge is 0.186 e. The van der Waals surface area contributed by atoms with E-state index in [1.807, 2.05) is 13.0 Å². The molecule has 0 radical (unpaired) electrons. The van der Waals surface area contributed by atoms with E-state index in [0.29, 0.717) is 41.9 Å². The summed E-state index contributed by atoms with van der Waals surface area (Å²) in [6.45, 7) is 6.75. The third-order valence-electron chi connectivity index (χ3n) is 6.11. The lowest BCUT2D eigenvalue weighted by atomic mass is 9.97. The van der Waals surface area contributed by atoms with E-state index in [2.05, 4.69) is 6.58 Å². The number of halogens is 3. The third-order valence-corrected chi connectivity index (χ3v) is 6.11. The molecule has 0 unspecified atom stereocenters. The molecule has 4 rings (SSSR count). The number of aryl methyl sites for hydroxylation is 1. The van der Waals surface area contributed by atoms with Crippen molar-refractivity contribution in [2.75, 3.05) is 13.2 Å². The number of benzene rings is 3. The van der Waals surface area contributed by atoms with Crippen molar-refractivity contribution in [1.29, 1.82) is 0 Å². The van der Waals surface area contributed by atoms with Crippen molar-refractivity contribution < 1.29 is 22.6 Å². The van der Waals surface area contributed by atoms with Gasteiger partial charge in [0.1, 0.15) is 5.82 Å². The molecule has 0 spiro atoms. The predicted octanol–water partition coefficient (Wildman–Crippen LogP) is 8.02. The summed E-state index contributed by atoms with van der Waals surface area (Å²) in [7, 11) is 0. The lowest BCUT2D eigenvalue weighted by molar-refractivity contribution is -0.203. The largest absolute Gasteiger partial charge is 0.348 e. The average molecular weight is 467 g/mol. The van der Waals surface area contributed by atoms with Gasteiger partial charge in [0.25, 0.3) is 0 Å². The zero-order valence-electron chi connectivity index (χ0n) is 19.3. The van der Waals surface area contributed by atoms with Crippen LogP contribution in [0.1, 0.15) is 43.6 Å². The molecule has 178 valence electrons. The first-order valence-corrected chi connectivity index (χ1v) is 11.7. The number of ether oxygens (including phenoxy) is 2. The Labute approximate surface area is 199 Å². The van der Waals surface area contributed by atoms with Gasteiger partial charge in [-0.1, -0.05) is 61.5 Å². The van der Waals surface area contributed by atoms with Crippen LogP contribution in [-0.2, 0) is 15.9 Å². The summed E-state index contributed by atoms with van der Waals surface area (Å²) in [5.74, 6) is -1.75. The first-order valence-electron chi connectivity index (χ1n) is 11.7. The summed E-state index contributed by atoms with van der Waals surface area (Å²) < 4.78 is 55.3. The van der Waals surface area contributed by atoms with E-state index in [-0.39, 0.29) is 11.5 Å². The van der Waals surface area contributed by atoms with E-state index in [1.165, 1.54) is 6.07 Å². The molecule has 0 amide bonds. The highest BCUT2D eigenvalue weighted by Crippen LogP contribution is 2.32. The molecule has 0 N–H and O–H groups in total. The number of rotatable bonds is 8. The number of hydrogen-bond acceptors (Lipinski definition) is 2. The molecule has 0 saturated carbocycles. The van der Waals surface area contributed by atoms with Gasteiger partial charge in [-0.3, -0.25) is 0 Å². The topological polar surface area (TPSA) is 18.5 Å². The third kappa shape index (κ3) is 5.43. The summed E-state index contributed by atoms with van der Waals surface area (Å²) in [6.07, 6.45) is 4.16. The van der Waals surface area contributed by atoms with E-state index < -0.39 is 23.7 Å². The van der Waals surface area contributed by atoms with E-state index in [0.717, 1.165) is 24.8 Å². The molecule has 1 heterocycles. The summed E-state index contributed by atoms with van der Waals surface area (Å²) in [4.78, 5) is 0. The van der Waals surface area contributed by atoms with Crippen molar-refractivity contribution in [2.24, 2.45) is 5.92 Å². The van der Waals surface area contributed by atoms with Crippen LogP contribution in [-0.4, -0.2) is 13.2 Å². The van der Waals surface area contributed by atoms with Crippen LogP contribution in [0.15, 0.2) is 67.3 Å². The van der Waals surface area contributed by atoms with E-state index in [9.17, 15) is 13.2 Å². The highest BCUT2D eigenvalue weighted by molar-refractivity contribution is 5.71. The molecule has 1 saturated heterocycles. The fourth-order valence-corrected chi connectivity index (χ4v) is 4.13.